The van der Waals surface area contributed by atoms with E-state index in [9.17, 15) is 4.79 Å². The van der Waals surface area contributed by atoms with Crippen molar-refractivity contribution in [2.24, 2.45) is 0 Å². The number of carbonyl (C=O) groups excluding carboxylic acids is 1. The highest BCUT2D eigenvalue weighted by Gasteiger charge is 2.19. The number of hydrogen-bond acceptors (Lipinski definition) is 3. The lowest BCUT2D eigenvalue weighted by molar-refractivity contribution is -0.117. The van der Waals surface area contributed by atoms with Gasteiger partial charge in [0.05, 0.1) is 0 Å². The van der Waals surface area contributed by atoms with E-state index in [2.05, 4.69) is 10.6 Å². The van der Waals surface area contributed by atoms with Crippen molar-refractivity contribution < 1.29 is 4.79 Å². The summed E-state index contributed by atoms with van der Waals surface area (Å²) in [6.45, 7) is 4.00. The average molecular weight is 249 g/mol. The third-order valence-electron chi connectivity index (χ3n) is 2.95. The summed E-state index contributed by atoms with van der Waals surface area (Å²) in [7, 11) is 5.84. The number of carbonyl (C=O) groups is 1. The van der Waals surface area contributed by atoms with Crippen molar-refractivity contribution in [3.05, 3.63) is 24.3 Å². The summed E-state index contributed by atoms with van der Waals surface area (Å²) in [6, 6.07) is 7.80. The Morgan fingerprint density at radius 2 is 1.78 bits per heavy atom. The molecule has 0 heterocycles. The van der Waals surface area contributed by atoms with Gasteiger partial charge in [0.1, 0.15) is 0 Å². The number of nitrogens with one attached hydrogen (secondary N) is 2. The molecule has 18 heavy (non-hydrogen) atoms. The zero-order valence-corrected chi connectivity index (χ0v) is 11.9. The smallest absolute Gasteiger partial charge is 0.226 e. The van der Waals surface area contributed by atoms with Crippen molar-refractivity contribution in [1.29, 1.82) is 0 Å². The van der Waals surface area contributed by atoms with Crippen LogP contribution in [0.1, 0.15) is 20.3 Å². The highest BCUT2D eigenvalue weighted by Crippen LogP contribution is 2.16. The quantitative estimate of drug-likeness (QED) is 0.839. The zero-order valence-electron chi connectivity index (χ0n) is 11.9. The molecule has 1 aromatic carbocycles. The molecule has 2 N–H and O–H groups in total. The van der Waals surface area contributed by atoms with Crippen LogP contribution in [0.2, 0.25) is 0 Å². The van der Waals surface area contributed by atoms with Crippen LogP contribution in [-0.4, -0.2) is 32.6 Å². The van der Waals surface area contributed by atoms with Gasteiger partial charge in [-0.25, -0.2) is 0 Å². The Kier molecular flexibility index (Phi) is 4.73. The van der Waals surface area contributed by atoms with Crippen LogP contribution in [-0.2, 0) is 4.79 Å². The Bertz CT molecular complexity index is 396. The summed E-state index contributed by atoms with van der Waals surface area (Å²) in [4.78, 5) is 13.9. The molecule has 4 nitrogen and oxygen atoms in total. The molecule has 0 atom stereocenters. The molecule has 0 saturated heterocycles. The van der Waals surface area contributed by atoms with Gasteiger partial charge in [-0.1, -0.05) is 0 Å². The number of rotatable bonds is 5. The van der Waals surface area contributed by atoms with Gasteiger partial charge in [0, 0.05) is 37.4 Å². The highest BCUT2D eigenvalue weighted by atomic mass is 16.1. The maximum atomic E-state index is 11.8. The van der Waals surface area contributed by atoms with Gasteiger partial charge in [0.25, 0.3) is 0 Å². The topological polar surface area (TPSA) is 44.4 Å². The predicted octanol–water partition coefficient (Wildman–Crippen LogP) is 2.08. The van der Waals surface area contributed by atoms with Crippen LogP contribution in [0.3, 0.4) is 0 Å². The first kappa shape index (κ1) is 14.5. The first-order valence-corrected chi connectivity index (χ1v) is 6.10. The molecule has 1 amide bonds. The van der Waals surface area contributed by atoms with Crippen LogP contribution in [0.5, 0.6) is 0 Å². The second kappa shape index (κ2) is 5.87. The Hall–Kier alpha value is -1.55. The Balaban J connectivity index is 2.60. The van der Waals surface area contributed by atoms with Crippen molar-refractivity contribution in [2.45, 2.75) is 25.8 Å². The molecule has 1 aromatic rings. The minimum atomic E-state index is -0.187. The fourth-order valence-electron chi connectivity index (χ4n) is 1.54. The predicted molar refractivity (Wildman–Crippen MR) is 77.2 cm³/mol. The van der Waals surface area contributed by atoms with Gasteiger partial charge in [-0.3, -0.25) is 4.79 Å². The largest absolute Gasteiger partial charge is 0.378 e. The van der Waals surface area contributed by atoms with Gasteiger partial charge in [-0.05, 0) is 45.2 Å². The van der Waals surface area contributed by atoms with Gasteiger partial charge >= 0.3 is 0 Å². The Morgan fingerprint density at radius 1 is 1.22 bits per heavy atom. The third kappa shape index (κ3) is 4.37. The second-order valence-electron chi connectivity index (χ2n) is 5.30. The molecule has 0 aliphatic heterocycles. The summed E-state index contributed by atoms with van der Waals surface area (Å²) in [5.41, 5.74) is 1.76. The average Bonchev–Trinajstić information content (AvgIpc) is 2.29. The lowest BCUT2D eigenvalue weighted by Gasteiger charge is -2.23. The first-order chi connectivity index (χ1) is 8.34. The van der Waals surface area contributed by atoms with Gasteiger partial charge in [-0.2, -0.15) is 0 Å². The number of anilines is 2. The van der Waals surface area contributed by atoms with Gasteiger partial charge in [0.2, 0.25) is 5.91 Å². The maximum Gasteiger partial charge on any atom is 0.226 e. The molecule has 1 rings (SSSR count). The number of benzene rings is 1. The fourth-order valence-corrected chi connectivity index (χ4v) is 1.54. The number of amides is 1. The molecule has 0 aliphatic rings. The second-order valence-corrected chi connectivity index (χ2v) is 5.30. The fraction of sp³-hybridized carbons (Fsp3) is 0.500. The molecular formula is C14H23N3O. The molecule has 0 unspecified atom stereocenters. The van der Waals surface area contributed by atoms with Crippen LogP contribution in [0.15, 0.2) is 24.3 Å². The summed E-state index contributed by atoms with van der Waals surface area (Å²) in [5, 5.41) is 6.02. The molecule has 0 aliphatic carbocycles. The van der Waals surface area contributed by atoms with Crippen molar-refractivity contribution in [3.8, 4) is 0 Å². The van der Waals surface area contributed by atoms with E-state index in [0.29, 0.717) is 6.42 Å². The SMILES string of the molecule is CNC(C)(C)CC(=O)Nc1ccc(N(C)C)cc1. The van der Waals surface area contributed by atoms with Crippen molar-refractivity contribution in [1.82, 2.24) is 5.32 Å². The van der Waals surface area contributed by atoms with E-state index in [4.69, 9.17) is 0 Å². The summed E-state index contributed by atoms with van der Waals surface area (Å²) >= 11 is 0. The molecule has 0 radical (unpaired) electrons. The van der Waals surface area contributed by atoms with Crippen LogP contribution in [0.25, 0.3) is 0 Å². The number of nitrogens with zero attached hydrogens (tertiary/aromatic N) is 1. The Labute approximate surface area is 109 Å². The lowest BCUT2D eigenvalue weighted by Crippen LogP contribution is -2.39. The minimum Gasteiger partial charge on any atom is -0.378 e. The summed E-state index contributed by atoms with van der Waals surface area (Å²) in [6.07, 6.45) is 0.443. The van der Waals surface area contributed by atoms with Crippen LogP contribution in [0, 0.1) is 0 Å². The monoisotopic (exact) mass is 249 g/mol. The molecule has 100 valence electrons. The molecular weight excluding hydrogens is 226 g/mol. The van der Waals surface area contributed by atoms with Crippen molar-refractivity contribution in [2.75, 3.05) is 31.4 Å². The maximum absolute atomic E-state index is 11.8. The molecule has 0 fully saturated rings. The Morgan fingerprint density at radius 3 is 2.22 bits per heavy atom. The van der Waals surface area contributed by atoms with E-state index in [0.717, 1.165) is 11.4 Å². The van der Waals surface area contributed by atoms with Gasteiger partial charge in [-0.15, -0.1) is 0 Å². The van der Waals surface area contributed by atoms with Crippen molar-refractivity contribution in [3.63, 3.8) is 0 Å². The molecule has 0 spiro atoms. The van der Waals surface area contributed by atoms with Crippen molar-refractivity contribution >= 4 is 17.3 Å². The first-order valence-electron chi connectivity index (χ1n) is 6.10. The molecule has 0 saturated carbocycles. The van der Waals surface area contributed by atoms with E-state index in [-0.39, 0.29) is 11.4 Å². The molecule has 4 heteroatoms. The minimum absolute atomic E-state index is 0.0203. The standard InChI is InChI=1S/C14H23N3O/c1-14(2,15-3)10-13(18)16-11-6-8-12(9-7-11)17(4)5/h6-9,15H,10H2,1-5H3,(H,16,18). The number of hydrogen-bond donors (Lipinski definition) is 2. The zero-order chi connectivity index (χ0) is 13.8. The van der Waals surface area contributed by atoms with E-state index < -0.39 is 0 Å². The molecule has 0 bridgehead atoms. The van der Waals surface area contributed by atoms with Crippen LogP contribution < -0.4 is 15.5 Å². The molecule has 0 aromatic heterocycles. The third-order valence-corrected chi connectivity index (χ3v) is 2.95. The van der Waals surface area contributed by atoms with Crippen LogP contribution in [0.4, 0.5) is 11.4 Å². The van der Waals surface area contributed by atoms with Crippen LogP contribution >= 0.6 is 0 Å². The normalized spacial score (nSPS) is 11.2. The highest BCUT2D eigenvalue weighted by molar-refractivity contribution is 5.91. The van der Waals surface area contributed by atoms with Gasteiger partial charge < -0.3 is 15.5 Å². The van der Waals surface area contributed by atoms with E-state index in [1.807, 2.05) is 64.2 Å². The van der Waals surface area contributed by atoms with E-state index >= 15 is 0 Å². The summed E-state index contributed by atoms with van der Waals surface area (Å²) < 4.78 is 0. The van der Waals surface area contributed by atoms with E-state index in [1.165, 1.54) is 0 Å². The van der Waals surface area contributed by atoms with E-state index in [1.54, 1.807) is 0 Å². The van der Waals surface area contributed by atoms with Gasteiger partial charge in [0.15, 0.2) is 0 Å². The lowest BCUT2D eigenvalue weighted by atomic mass is 10.0. The summed E-state index contributed by atoms with van der Waals surface area (Å²) in [5.74, 6) is 0.0203.